The number of likely N-dealkylation sites (N-methyl/N-ethyl adjacent to an activating group) is 1. The van der Waals surface area contributed by atoms with E-state index >= 15 is 0 Å². The van der Waals surface area contributed by atoms with E-state index in [1.165, 1.54) is 5.56 Å². The minimum atomic E-state index is -0.409. The summed E-state index contributed by atoms with van der Waals surface area (Å²) in [5, 5.41) is 0. The van der Waals surface area contributed by atoms with E-state index in [-0.39, 0.29) is 17.9 Å². The van der Waals surface area contributed by atoms with Gasteiger partial charge in [0.05, 0.1) is 5.56 Å². The summed E-state index contributed by atoms with van der Waals surface area (Å²) >= 11 is 0. The average molecular weight is 751 g/mol. The quantitative estimate of drug-likeness (QED) is 0.183. The van der Waals surface area contributed by atoms with E-state index in [4.69, 9.17) is 4.74 Å². The molecule has 0 spiro atoms. The highest BCUT2D eigenvalue weighted by Crippen LogP contribution is 2.36. The number of anilines is 2. The number of hydrogen-bond acceptors (Lipinski definition) is 6. The van der Waals surface area contributed by atoms with Gasteiger partial charge >= 0.3 is 6.09 Å². The fraction of sp³-hybridized carbons (Fsp3) is 0.326. The second-order valence-corrected chi connectivity index (χ2v) is 15.5. The molecule has 3 aliphatic heterocycles. The number of nitrogens with zero attached hydrogens (tertiary/aromatic N) is 6. The highest BCUT2D eigenvalue weighted by Gasteiger charge is 2.33. The molecule has 1 saturated heterocycles. The number of carbonyl (C=O) groups excluding carboxylic acids is 3. The van der Waals surface area contributed by atoms with Crippen molar-refractivity contribution in [1.82, 2.24) is 19.3 Å². The molecule has 0 radical (unpaired) electrons. The highest BCUT2D eigenvalue weighted by molar-refractivity contribution is 6.08. The summed E-state index contributed by atoms with van der Waals surface area (Å²) in [4.78, 5) is 52.5. The standard InChI is InChI=1S/C46H50N6O4/c1-31-24-33-12-9-10-13-35(33)30-52(31)45(54)42-26-36-29-51(46(55)56-39-17-11-16-38(27-39)50-22-20-47(3)21-23-50)19-18-34(36)25-41(42)43-28-40(32(2)48(43)4)44(53)49(5)37-14-7-6-8-15-37/h6-17,25-28,31H,18-24,29-30H2,1-5H3/t31-/m1/s1. The van der Waals surface area contributed by atoms with Crippen LogP contribution in [-0.2, 0) is 33.0 Å². The van der Waals surface area contributed by atoms with Gasteiger partial charge in [-0.25, -0.2) is 4.79 Å². The normalized spacial score (nSPS) is 16.9. The van der Waals surface area contributed by atoms with Crippen molar-refractivity contribution in [2.45, 2.75) is 45.8 Å². The molecule has 10 nitrogen and oxygen atoms in total. The van der Waals surface area contributed by atoms with Gasteiger partial charge in [0, 0.05) is 106 Å². The molecular formula is C46H50N6O4. The predicted octanol–water partition coefficient (Wildman–Crippen LogP) is 7.17. The van der Waals surface area contributed by atoms with E-state index in [1.54, 1.807) is 16.8 Å². The highest BCUT2D eigenvalue weighted by atomic mass is 16.6. The summed E-state index contributed by atoms with van der Waals surface area (Å²) in [5.41, 5.74) is 9.78. The van der Waals surface area contributed by atoms with Crippen molar-refractivity contribution in [3.05, 3.63) is 136 Å². The van der Waals surface area contributed by atoms with Crippen LogP contribution in [0.15, 0.2) is 97.1 Å². The van der Waals surface area contributed by atoms with E-state index < -0.39 is 6.09 Å². The van der Waals surface area contributed by atoms with Gasteiger partial charge in [-0.3, -0.25) is 9.59 Å². The van der Waals surface area contributed by atoms with Crippen molar-refractivity contribution in [1.29, 1.82) is 0 Å². The summed E-state index contributed by atoms with van der Waals surface area (Å²) in [5.74, 6) is 0.328. The number of benzene rings is 4. The zero-order valence-corrected chi connectivity index (χ0v) is 33.0. The van der Waals surface area contributed by atoms with Gasteiger partial charge in [-0.1, -0.05) is 48.5 Å². The summed E-state index contributed by atoms with van der Waals surface area (Å²) < 4.78 is 7.99. The van der Waals surface area contributed by atoms with Crippen LogP contribution in [0.25, 0.3) is 11.3 Å². The maximum absolute atomic E-state index is 14.9. The molecule has 0 saturated carbocycles. The van der Waals surface area contributed by atoms with Gasteiger partial charge in [-0.2, -0.15) is 0 Å². The molecule has 4 aromatic carbocycles. The first kappa shape index (κ1) is 37.1. The van der Waals surface area contributed by atoms with Crippen molar-refractivity contribution in [3.63, 3.8) is 0 Å². The third kappa shape index (κ3) is 7.17. The van der Waals surface area contributed by atoms with Crippen LogP contribution in [0.4, 0.5) is 16.2 Å². The predicted molar refractivity (Wildman–Crippen MR) is 221 cm³/mol. The number of aromatic nitrogens is 1. The second kappa shape index (κ2) is 15.3. The van der Waals surface area contributed by atoms with Crippen LogP contribution in [0, 0.1) is 6.92 Å². The fourth-order valence-corrected chi connectivity index (χ4v) is 8.36. The van der Waals surface area contributed by atoms with E-state index in [0.717, 1.165) is 77.6 Å². The van der Waals surface area contributed by atoms with Crippen LogP contribution >= 0.6 is 0 Å². The number of carbonyl (C=O) groups is 3. The molecule has 4 heterocycles. The molecule has 0 unspecified atom stereocenters. The molecule has 0 bridgehead atoms. The molecule has 10 heteroatoms. The number of amides is 3. The lowest BCUT2D eigenvalue weighted by molar-refractivity contribution is 0.0658. The molecule has 1 atom stereocenters. The average Bonchev–Trinajstić information content (AvgIpc) is 3.52. The maximum atomic E-state index is 14.9. The number of fused-ring (bicyclic) bond motifs is 2. The molecule has 1 aromatic heterocycles. The van der Waals surface area contributed by atoms with Gasteiger partial charge in [0.2, 0.25) is 0 Å². The van der Waals surface area contributed by atoms with Crippen LogP contribution in [-0.4, -0.2) is 90.0 Å². The van der Waals surface area contributed by atoms with E-state index in [2.05, 4.69) is 54.1 Å². The first-order chi connectivity index (χ1) is 27.0. The fourth-order valence-electron chi connectivity index (χ4n) is 8.36. The Kier molecular flexibility index (Phi) is 10.2. The van der Waals surface area contributed by atoms with Crippen molar-refractivity contribution in [3.8, 4) is 17.0 Å². The van der Waals surface area contributed by atoms with E-state index in [9.17, 15) is 14.4 Å². The minimum absolute atomic E-state index is 0.0128. The second-order valence-electron chi connectivity index (χ2n) is 15.5. The molecule has 1 fully saturated rings. The van der Waals surface area contributed by atoms with Gasteiger partial charge in [-0.05, 0) is 98.5 Å². The van der Waals surface area contributed by atoms with Crippen molar-refractivity contribution in [2.24, 2.45) is 7.05 Å². The number of piperazine rings is 1. The Morgan fingerprint density at radius 2 is 1.46 bits per heavy atom. The Balaban J connectivity index is 1.11. The lowest BCUT2D eigenvalue weighted by Crippen LogP contribution is -2.44. The first-order valence-corrected chi connectivity index (χ1v) is 19.6. The van der Waals surface area contributed by atoms with E-state index in [0.29, 0.717) is 42.9 Å². The third-order valence-corrected chi connectivity index (χ3v) is 12.0. The number of hydrogen-bond donors (Lipinski definition) is 0. The van der Waals surface area contributed by atoms with Gasteiger partial charge in [-0.15, -0.1) is 0 Å². The number of rotatable bonds is 6. The van der Waals surface area contributed by atoms with Crippen molar-refractivity contribution in [2.75, 3.05) is 56.6 Å². The molecule has 56 heavy (non-hydrogen) atoms. The Morgan fingerprint density at radius 1 is 0.732 bits per heavy atom. The van der Waals surface area contributed by atoms with Crippen LogP contribution in [0.3, 0.4) is 0 Å². The van der Waals surface area contributed by atoms with E-state index in [1.807, 2.05) is 90.2 Å². The van der Waals surface area contributed by atoms with Crippen molar-refractivity contribution >= 4 is 29.3 Å². The zero-order chi connectivity index (χ0) is 39.1. The molecule has 5 aromatic rings. The number of ether oxygens (including phenoxy) is 1. The minimum Gasteiger partial charge on any atom is -0.410 e. The van der Waals surface area contributed by atoms with Crippen LogP contribution in [0.2, 0.25) is 0 Å². The molecule has 8 rings (SSSR count). The molecule has 3 amide bonds. The van der Waals surface area contributed by atoms with Gasteiger partial charge in [0.25, 0.3) is 11.8 Å². The van der Waals surface area contributed by atoms with Crippen LogP contribution in [0.5, 0.6) is 5.75 Å². The topological polar surface area (TPSA) is 81.6 Å². The summed E-state index contributed by atoms with van der Waals surface area (Å²) in [6.07, 6.45) is 0.964. The molecule has 0 aliphatic carbocycles. The van der Waals surface area contributed by atoms with Crippen LogP contribution < -0.4 is 14.5 Å². The van der Waals surface area contributed by atoms with Gasteiger partial charge in [0.1, 0.15) is 5.75 Å². The largest absolute Gasteiger partial charge is 0.415 e. The zero-order valence-electron chi connectivity index (χ0n) is 33.0. The molecule has 3 aliphatic rings. The summed E-state index contributed by atoms with van der Waals surface area (Å²) in [6.45, 7) is 9.19. The maximum Gasteiger partial charge on any atom is 0.415 e. The SMILES string of the molecule is Cc1c(C(=O)N(C)c2ccccc2)cc(-c2cc3c(cc2C(=O)N2Cc4ccccc4C[C@H]2C)CN(C(=O)Oc2cccc(N4CCN(C)CC4)c2)CC3)n1C. The van der Waals surface area contributed by atoms with Gasteiger partial charge < -0.3 is 33.8 Å². The molecular weight excluding hydrogens is 701 g/mol. The Labute approximate surface area is 329 Å². The van der Waals surface area contributed by atoms with Gasteiger partial charge in [0.15, 0.2) is 0 Å². The summed E-state index contributed by atoms with van der Waals surface area (Å²) in [6, 6.07) is 31.7. The number of para-hydroxylation sites is 1. The first-order valence-electron chi connectivity index (χ1n) is 19.6. The summed E-state index contributed by atoms with van der Waals surface area (Å²) in [7, 11) is 5.87. The van der Waals surface area contributed by atoms with Crippen LogP contribution in [0.1, 0.15) is 55.6 Å². The molecule has 0 N–H and O–H groups in total. The Morgan fingerprint density at radius 3 is 2.23 bits per heavy atom. The lowest BCUT2D eigenvalue weighted by atomic mass is 9.90. The van der Waals surface area contributed by atoms with Crippen molar-refractivity contribution < 1.29 is 19.1 Å². The lowest BCUT2D eigenvalue weighted by Gasteiger charge is -2.36. The monoisotopic (exact) mass is 750 g/mol. The smallest absolute Gasteiger partial charge is 0.410 e. The molecule has 288 valence electrons. The Hall–Kier alpha value is -5.87. The Bertz CT molecular complexity index is 2290. The third-order valence-electron chi connectivity index (χ3n) is 12.0.